The van der Waals surface area contributed by atoms with Gasteiger partial charge in [-0.1, -0.05) is 18.2 Å². The highest BCUT2D eigenvalue weighted by atomic mass is 32.2. The van der Waals surface area contributed by atoms with Gasteiger partial charge in [-0.25, -0.2) is 31.1 Å². The van der Waals surface area contributed by atoms with Gasteiger partial charge in [0.2, 0.25) is 10.0 Å². The minimum absolute atomic E-state index is 0.0928. The van der Waals surface area contributed by atoms with Gasteiger partial charge < -0.3 is 9.80 Å². The zero-order valence-electron chi connectivity index (χ0n) is 16.4. The number of hydrogen-bond acceptors (Lipinski definition) is 4. The Balaban J connectivity index is 1.82. The van der Waals surface area contributed by atoms with Gasteiger partial charge in [0.25, 0.3) is 12.3 Å². The van der Waals surface area contributed by atoms with E-state index in [4.69, 9.17) is 5.14 Å². The van der Waals surface area contributed by atoms with Crippen LogP contribution in [0.3, 0.4) is 0 Å². The van der Waals surface area contributed by atoms with Crippen molar-refractivity contribution in [3.05, 3.63) is 58.7 Å². The van der Waals surface area contributed by atoms with Crippen LogP contribution in [0.4, 0.5) is 23.2 Å². The van der Waals surface area contributed by atoms with Crippen molar-refractivity contribution < 1.29 is 30.8 Å². The van der Waals surface area contributed by atoms with Crippen LogP contribution in [0, 0.1) is 0 Å². The molecule has 168 valence electrons. The first kappa shape index (κ1) is 23.0. The molecule has 11 heteroatoms. The van der Waals surface area contributed by atoms with Crippen molar-refractivity contribution >= 4 is 21.6 Å². The van der Waals surface area contributed by atoms with Gasteiger partial charge in [0.15, 0.2) is 0 Å². The van der Waals surface area contributed by atoms with Crippen molar-refractivity contribution in [2.45, 2.75) is 24.7 Å². The lowest BCUT2D eigenvalue weighted by Crippen LogP contribution is -2.49. The van der Waals surface area contributed by atoms with E-state index in [-0.39, 0.29) is 29.8 Å². The van der Waals surface area contributed by atoms with Gasteiger partial charge in [0, 0.05) is 43.0 Å². The van der Waals surface area contributed by atoms with E-state index in [1.54, 1.807) is 12.1 Å². The molecule has 6 nitrogen and oxygen atoms in total. The Hall–Kier alpha value is -2.66. The zero-order chi connectivity index (χ0) is 22.8. The highest BCUT2D eigenvalue weighted by Gasteiger charge is 2.29. The Kier molecular flexibility index (Phi) is 6.85. The maximum Gasteiger partial charge on any atom is 0.263 e. The summed E-state index contributed by atoms with van der Waals surface area (Å²) in [5.74, 6) is -0.682. The summed E-state index contributed by atoms with van der Waals surface area (Å²) >= 11 is 0. The van der Waals surface area contributed by atoms with E-state index in [1.165, 1.54) is 17.0 Å². The normalized spacial score (nSPS) is 14.9. The van der Waals surface area contributed by atoms with Crippen LogP contribution in [0.1, 0.15) is 33.5 Å². The first-order valence-electron chi connectivity index (χ1n) is 9.39. The van der Waals surface area contributed by atoms with Crippen molar-refractivity contribution in [1.29, 1.82) is 0 Å². The summed E-state index contributed by atoms with van der Waals surface area (Å²) in [6.07, 6.45) is -2.56. The van der Waals surface area contributed by atoms with E-state index >= 15 is 0 Å². The quantitative estimate of drug-likeness (QED) is 0.673. The van der Waals surface area contributed by atoms with Crippen molar-refractivity contribution in [3.8, 4) is 0 Å². The average Bonchev–Trinajstić information content (AvgIpc) is 2.77. The van der Waals surface area contributed by atoms with Crippen LogP contribution in [0.2, 0.25) is 0 Å². The lowest BCUT2D eigenvalue weighted by Gasteiger charge is -2.36. The van der Waals surface area contributed by atoms with Crippen molar-refractivity contribution in [1.82, 2.24) is 4.90 Å². The smallest absolute Gasteiger partial charge is 0.263 e. The van der Waals surface area contributed by atoms with E-state index in [0.29, 0.717) is 18.8 Å². The second-order valence-electron chi connectivity index (χ2n) is 7.06. The first-order valence-corrected chi connectivity index (χ1v) is 10.9. The molecule has 2 aromatic rings. The number of halogens is 4. The van der Waals surface area contributed by atoms with Gasteiger partial charge in [-0.15, -0.1) is 0 Å². The summed E-state index contributed by atoms with van der Waals surface area (Å²) in [4.78, 5) is 15.8. The van der Waals surface area contributed by atoms with Crippen LogP contribution in [0.15, 0.2) is 41.3 Å². The maximum absolute atomic E-state index is 13.7. The van der Waals surface area contributed by atoms with Crippen molar-refractivity contribution in [3.63, 3.8) is 0 Å². The van der Waals surface area contributed by atoms with Gasteiger partial charge in [0.05, 0.1) is 10.5 Å². The number of hydrogen-bond donors (Lipinski definition) is 1. The number of carbonyl (C=O) groups excluding carboxylic acids is 1. The number of anilines is 1. The lowest BCUT2D eigenvalue weighted by molar-refractivity contribution is 0.0742. The fourth-order valence-corrected chi connectivity index (χ4v) is 4.37. The number of sulfonamides is 1. The Morgan fingerprint density at radius 3 is 2.06 bits per heavy atom. The molecule has 1 aliphatic heterocycles. The molecule has 2 N–H and O–H groups in total. The van der Waals surface area contributed by atoms with E-state index in [1.807, 2.05) is 4.90 Å². The van der Waals surface area contributed by atoms with Gasteiger partial charge in [-0.05, 0) is 23.8 Å². The largest absolute Gasteiger partial charge is 0.368 e. The molecule has 0 unspecified atom stereocenters. The number of amides is 1. The van der Waals surface area contributed by atoms with Crippen LogP contribution >= 0.6 is 0 Å². The Labute approximate surface area is 177 Å². The molecule has 2 aromatic carbocycles. The third-order valence-corrected chi connectivity index (χ3v) is 6.23. The molecular formula is C20H21F4N3O3S. The standard InChI is InChI=1S/C20H21F4N3O3S/c21-11-14-3-6-17(31(25,29)30)16(12-22)18(14)20(28)27-9-7-26(8-10-27)15-4-1-13(2-5-15)19(23)24/h1-6,19H,7-12H2,(H2,25,29,30). The SMILES string of the molecule is NS(=O)(=O)c1ccc(CF)c(C(=O)N2CCN(c3ccc(C(F)F)cc3)CC2)c1CF. The number of primary sulfonamides is 1. The van der Waals surface area contributed by atoms with Crippen molar-refractivity contribution in [2.24, 2.45) is 5.14 Å². The highest BCUT2D eigenvalue weighted by molar-refractivity contribution is 7.89. The number of carbonyl (C=O) groups is 1. The molecule has 3 rings (SSSR count). The second-order valence-corrected chi connectivity index (χ2v) is 8.59. The summed E-state index contributed by atoms with van der Waals surface area (Å²) in [5.41, 5.74) is -0.277. The number of piperazine rings is 1. The van der Waals surface area contributed by atoms with E-state index in [0.717, 1.165) is 12.1 Å². The number of benzene rings is 2. The fraction of sp³-hybridized carbons (Fsp3) is 0.350. The number of rotatable bonds is 6. The van der Waals surface area contributed by atoms with Crippen LogP contribution < -0.4 is 10.0 Å². The minimum Gasteiger partial charge on any atom is -0.368 e. The third kappa shape index (κ3) is 4.82. The summed E-state index contributed by atoms with van der Waals surface area (Å²) in [5, 5.41) is 5.12. The van der Waals surface area contributed by atoms with Crippen LogP contribution in [-0.2, 0) is 23.4 Å². The number of nitrogens with zero attached hydrogens (tertiary/aromatic N) is 2. The topological polar surface area (TPSA) is 83.7 Å². The monoisotopic (exact) mass is 459 g/mol. The van der Waals surface area contributed by atoms with Gasteiger partial charge in [0.1, 0.15) is 13.3 Å². The average molecular weight is 459 g/mol. The molecule has 1 heterocycles. The predicted octanol–water partition coefficient (Wildman–Crippen LogP) is 3.17. The molecule has 0 atom stereocenters. The molecule has 31 heavy (non-hydrogen) atoms. The molecule has 0 aromatic heterocycles. The van der Waals surface area contributed by atoms with Crippen molar-refractivity contribution in [2.75, 3.05) is 31.1 Å². The first-order chi connectivity index (χ1) is 14.7. The summed E-state index contributed by atoms with van der Waals surface area (Å²) < 4.78 is 76.2. The molecule has 0 aliphatic carbocycles. The van der Waals surface area contributed by atoms with Crippen LogP contribution in [0.5, 0.6) is 0 Å². The van der Waals surface area contributed by atoms with Gasteiger partial charge in [-0.2, -0.15) is 0 Å². The maximum atomic E-state index is 13.7. The molecule has 0 saturated carbocycles. The number of alkyl halides is 4. The fourth-order valence-electron chi connectivity index (χ4n) is 3.61. The zero-order valence-corrected chi connectivity index (χ0v) is 17.2. The number of nitrogens with two attached hydrogens (primary N) is 1. The summed E-state index contributed by atoms with van der Waals surface area (Å²) in [7, 11) is -4.31. The van der Waals surface area contributed by atoms with Crippen LogP contribution in [0.25, 0.3) is 0 Å². The molecule has 0 spiro atoms. The lowest BCUT2D eigenvalue weighted by atomic mass is 10.00. The molecule has 0 bridgehead atoms. The predicted molar refractivity (Wildman–Crippen MR) is 107 cm³/mol. The summed E-state index contributed by atoms with van der Waals surface area (Å²) in [6, 6.07) is 7.91. The molecule has 1 amide bonds. The minimum atomic E-state index is -4.31. The van der Waals surface area contributed by atoms with Gasteiger partial charge in [-0.3, -0.25) is 4.79 Å². The van der Waals surface area contributed by atoms with E-state index in [9.17, 15) is 30.8 Å². The molecule has 1 saturated heterocycles. The molecule has 1 aliphatic rings. The molecular weight excluding hydrogens is 438 g/mol. The molecule has 0 radical (unpaired) electrons. The van der Waals surface area contributed by atoms with E-state index < -0.39 is 46.2 Å². The Bertz CT molecular complexity index is 1050. The van der Waals surface area contributed by atoms with Gasteiger partial charge >= 0.3 is 0 Å². The van der Waals surface area contributed by atoms with Crippen LogP contribution in [-0.4, -0.2) is 45.4 Å². The molecule has 1 fully saturated rings. The van der Waals surface area contributed by atoms with E-state index in [2.05, 4.69) is 0 Å². The second kappa shape index (κ2) is 9.23. The Morgan fingerprint density at radius 2 is 1.58 bits per heavy atom. The Morgan fingerprint density at radius 1 is 0.968 bits per heavy atom. The summed E-state index contributed by atoms with van der Waals surface area (Å²) in [6.45, 7) is -1.24. The third-order valence-electron chi connectivity index (χ3n) is 5.23. The highest BCUT2D eigenvalue weighted by Crippen LogP contribution is 2.28.